The van der Waals surface area contributed by atoms with Crippen LogP contribution in [0.5, 0.6) is 11.5 Å². The highest BCUT2D eigenvalue weighted by Gasteiger charge is 2.15. The molecule has 0 fully saturated rings. The molecule has 3 aromatic carbocycles. The number of aryl methyl sites for hydroxylation is 1. The number of ether oxygens (including phenoxy) is 2. The van der Waals surface area contributed by atoms with Crippen LogP contribution in [0, 0.1) is 12.7 Å². The Morgan fingerprint density at radius 2 is 1.69 bits per heavy atom. The van der Waals surface area contributed by atoms with E-state index in [0.29, 0.717) is 11.3 Å². The fraction of sp³-hybridized carbons (Fsp3) is 0.125. The maximum absolute atomic E-state index is 13.7. The number of anilines is 1. The quantitative estimate of drug-likeness (QED) is 0.430. The Labute approximate surface area is 183 Å². The van der Waals surface area contributed by atoms with Crippen LogP contribution < -0.4 is 14.8 Å². The standard InChI is InChI=1S/C24H20FN3O4/c1-16-8-2-5-11-19(16)26-22(29)14-30-20-12-6-3-9-17(20)24-27-23(32-28-24)15-31-21-13-7-4-10-18(21)25/h2-13H,14-15H2,1H3,(H,26,29). The predicted molar refractivity (Wildman–Crippen MR) is 116 cm³/mol. The molecule has 1 aromatic heterocycles. The molecule has 0 radical (unpaired) electrons. The highest BCUT2D eigenvalue weighted by molar-refractivity contribution is 5.92. The van der Waals surface area contributed by atoms with Gasteiger partial charge in [-0.05, 0) is 42.8 Å². The minimum absolute atomic E-state index is 0.0875. The topological polar surface area (TPSA) is 86.5 Å². The summed E-state index contributed by atoms with van der Waals surface area (Å²) in [5, 5.41) is 6.77. The largest absolute Gasteiger partial charge is 0.483 e. The summed E-state index contributed by atoms with van der Waals surface area (Å²) in [7, 11) is 0. The molecule has 7 nitrogen and oxygen atoms in total. The average Bonchev–Trinajstić information content (AvgIpc) is 3.28. The fourth-order valence-corrected chi connectivity index (χ4v) is 2.94. The summed E-state index contributed by atoms with van der Waals surface area (Å²) in [6.07, 6.45) is 0. The van der Waals surface area contributed by atoms with E-state index in [1.54, 1.807) is 36.4 Å². The number of halogens is 1. The molecule has 4 aromatic rings. The SMILES string of the molecule is Cc1ccccc1NC(=O)COc1ccccc1-c1noc(COc2ccccc2F)n1. The molecule has 0 atom stereocenters. The van der Waals surface area contributed by atoms with Crippen LogP contribution in [0.15, 0.2) is 77.3 Å². The molecule has 1 heterocycles. The van der Waals surface area contributed by atoms with Crippen molar-refractivity contribution in [3.8, 4) is 22.9 Å². The minimum atomic E-state index is -0.477. The summed E-state index contributed by atoms with van der Waals surface area (Å²) in [5.41, 5.74) is 2.24. The lowest BCUT2D eigenvalue weighted by molar-refractivity contribution is -0.118. The van der Waals surface area contributed by atoms with Gasteiger partial charge in [-0.1, -0.05) is 47.6 Å². The van der Waals surface area contributed by atoms with Gasteiger partial charge in [-0.2, -0.15) is 4.98 Å². The van der Waals surface area contributed by atoms with E-state index in [1.165, 1.54) is 12.1 Å². The molecule has 0 saturated carbocycles. The van der Waals surface area contributed by atoms with E-state index in [9.17, 15) is 9.18 Å². The average molecular weight is 433 g/mol. The molecule has 32 heavy (non-hydrogen) atoms. The number of carbonyl (C=O) groups excluding carboxylic acids is 1. The van der Waals surface area contributed by atoms with E-state index in [1.807, 2.05) is 31.2 Å². The van der Waals surface area contributed by atoms with Gasteiger partial charge < -0.3 is 19.3 Å². The van der Waals surface area contributed by atoms with Crippen LogP contribution >= 0.6 is 0 Å². The van der Waals surface area contributed by atoms with Crippen molar-refractivity contribution in [1.29, 1.82) is 0 Å². The van der Waals surface area contributed by atoms with E-state index in [2.05, 4.69) is 15.5 Å². The molecule has 0 aliphatic carbocycles. The van der Waals surface area contributed by atoms with Gasteiger partial charge in [-0.15, -0.1) is 0 Å². The van der Waals surface area contributed by atoms with E-state index < -0.39 is 5.82 Å². The van der Waals surface area contributed by atoms with Crippen molar-refractivity contribution in [2.45, 2.75) is 13.5 Å². The number of hydrogen-bond acceptors (Lipinski definition) is 6. The number of nitrogens with one attached hydrogen (secondary N) is 1. The van der Waals surface area contributed by atoms with Gasteiger partial charge in [0, 0.05) is 5.69 Å². The van der Waals surface area contributed by atoms with E-state index in [-0.39, 0.29) is 36.6 Å². The second-order valence-electron chi connectivity index (χ2n) is 6.88. The molecule has 0 aliphatic rings. The van der Waals surface area contributed by atoms with Crippen molar-refractivity contribution in [3.05, 3.63) is 90.1 Å². The van der Waals surface area contributed by atoms with E-state index in [0.717, 1.165) is 11.3 Å². The number of rotatable bonds is 8. The zero-order valence-electron chi connectivity index (χ0n) is 17.2. The second-order valence-corrected chi connectivity index (χ2v) is 6.88. The van der Waals surface area contributed by atoms with E-state index in [4.69, 9.17) is 14.0 Å². The van der Waals surface area contributed by atoms with Gasteiger partial charge in [0.25, 0.3) is 11.8 Å². The Hall–Kier alpha value is -4.20. The van der Waals surface area contributed by atoms with Gasteiger partial charge in [0.2, 0.25) is 5.82 Å². The van der Waals surface area contributed by atoms with Crippen molar-refractivity contribution in [2.75, 3.05) is 11.9 Å². The molecule has 0 spiro atoms. The Kier molecular flexibility index (Phi) is 6.41. The molecular formula is C24H20FN3O4. The molecule has 162 valence electrons. The third-order valence-electron chi connectivity index (χ3n) is 4.56. The summed E-state index contributed by atoms with van der Waals surface area (Å²) >= 11 is 0. The number of hydrogen-bond donors (Lipinski definition) is 1. The summed E-state index contributed by atoms with van der Waals surface area (Å²) in [4.78, 5) is 16.6. The first kappa shape index (κ1) is 21.0. The van der Waals surface area contributed by atoms with Gasteiger partial charge in [0.1, 0.15) is 5.75 Å². The Morgan fingerprint density at radius 1 is 0.969 bits per heavy atom. The molecule has 4 rings (SSSR count). The van der Waals surface area contributed by atoms with Gasteiger partial charge in [0.05, 0.1) is 5.56 Å². The van der Waals surface area contributed by atoms with Crippen LogP contribution in [0.3, 0.4) is 0 Å². The molecule has 0 saturated heterocycles. The lowest BCUT2D eigenvalue weighted by Crippen LogP contribution is -2.20. The minimum Gasteiger partial charge on any atom is -0.483 e. The number of aromatic nitrogens is 2. The molecule has 1 amide bonds. The van der Waals surface area contributed by atoms with Crippen molar-refractivity contribution >= 4 is 11.6 Å². The van der Waals surface area contributed by atoms with Gasteiger partial charge in [-0.3, -0.25) is 4.79 Å². The summed E-state index contributed by atoms with van der Waals surface area (Å²) in [5.74, 6) is 0.198. The third kappa shape index (κ3) is 5.10. The molecule has 0 aliphatic heterocycles. The van der Waals surface area contributed by atoms with Gasteiger partial charge >= 0.3 is 0 Å². The Balaban J connectivity index is 1.40. The van der Waals surface area contributed by atoms with Crippen LogP contribution in [-0.4, -0.2) is 22.7 Å². The number of nitrogens with zero attached hydrogens (tertiary/aromatic N) is 2. The second kappa shape index (κ2) is 9.74. The lowest BCUT2D eigenvalue weighted by Gasteiger charge is -2.11. The molecule has 0 unspecified atom stereocenters. The van der Waals surface area contributed by atoms with E-state index >= 15 is 0 Å². The van der Waals surface area contributed by atoms with Crippen LogP contribution in [0.2, 0.25) is 0 Å². The first-order valence-corrected chi connectivity index (χ1v) is 9.88. The molecular weight excluding hydrogens is 413 g/mol. The third-order valence-corrected chi connectivity index (χ3v) is 4.56. The smallest absolute Gasteiger partial charge is 0.264 e. The molecule has 0 bridgehead atoms. The lowest BCUT2D eigenvalue weighted by atomic mass is 10.2. The summed E-state index contributed by atoms with van der Waals surface area (Å²) in [6, 6.07) is 20.6. The normalized spacial score (nSPS) is 10.6. The van der Waals surface area contributed by atoms with Crippen molar-refractivity contribution in [1.82, 2.24) is 10.1 Å². The predicted octanol–water partition coefficient (Wildman–Crippen LogP) is 4.78. The first-order chi connectivity index (χ1) is 15.6. The van der Waals surface area contributed by atoms with Crippen molar-refractivity contribution in [2.24, 2.45) is 0 Å². The van der Waals surface area contributed by atoms with Crippen LogP contribution in [0.25, 0.3) is 11.4 Å². The maximum Gasteiger partial charge on any atom is 0.264 e. The van der Waals surface area contributed by atoms with Crippen molar-refractivity contribution in [3.63, 3.8) is 0 Å². The monoisotopic (exact) mass is 433 g/mol. The molecule has 1 N–H and O–H groups in total. The van der Waals surface area contributed by atoms with Gasteiger partial charge in [0.15, 0.2) is 24.8 Å². The first-order valence-electron chi connectivity index (χ1n) is 9.88. The van der Waals surface area contributed by atoms with Crippen molar-refractivity contribution < 1.29 is 23.2 Å². The van der Waals surface area contributed by atoms with Crippen LogP contribution in [-0.2, 0) is 11.4 Å². The zero-order chi connectivity index (χ0) is 22.3. The van der Waals surface area contributed by atoms with Gasteiger partial charge in [-0.25, -0.2) is 4.39 Å². The zero-order valence-corrected chi connectivity index (χ0v) is 17.2. The number of para-hydroxylation sites is 3. The highest BCUT2D eigenvalue weighted by atomic mass is 19.1. The number of benzene rings is 3. The number of amides is 1. The Morgan fingerprint density at radius 3 is 2.50 bits per heavy atom. The molecule has 8 heteroatoms. The summed E-state index contributed by atoms with van der Waals surface area (Å²) in [6.45, 7) is 1.64. The summed E-state index contributed by atoms with van der Waals surface area (Å²) < 4.78 is 30.0. The Bertz CT molecular complexity index is 1230. The number of carbonyl (C=O) groups is 1. The highest BCUT2D eigenvalue weighted by Crippen LogP contribution is 2.28. The maximum atomic E-state index is 13.7. The van der Waals surface area contributed by atoms with Crippen LogP contribution in [0.1, 0.15) is 11.5 Å². The fourth-order valence-electron chi connectivity index (χ4n) is 2.94. The van der Waals surface area contributed by atoms with Crippen LogP contribution in [0.4, 0.5) is 10.1 Å².